The molecule has 7 heteroatoms. The normalized spacial score (nSPS) is 10.8. The van der Waals surface area contributed by atoms with E-state index in [0.29, 0.717) is 0 Å². The Morgan fingerprint density at radius 2 is 1.52 bits per heavy atom. The average Bonchev–Trinajstić information content (AvgIpc) is 3.02. The van der Waals surface area contributed by atoms with E-state index in [9.17, 15) is 0 Å². The molecule has 0 spiro atoms. The third-order valence-corrected chi connectivity index (χ3v) is 4.91. The lowest BCUT2D eigenvalue weighted by atomic mass is 10.3. The second-order valence-corrected chi connectivity index (χ2v) is 6.90. The second-order valence-electron chi connectivity index (χ2n) is 5.06. The topological polar surface area (TPSA) is 35.6 Å². The highest BCUT2D eigenvalue weighted by molar-refractivity contribution is 14.1. The van der Waals surface area contributed by atoms with Gasteiger partial charge in [0.1, 0.15) is 0 Å². The lowest BCUT2D eigenvalue weighted by molar-refractivity contribution is 0.908. The van der Waals surface area contributed by atoms with Crippen molar-refractivity contribution in [3.63, 3.8) is 0 Å². The van der Waals surface area contributed by atoms with Crippen LogP contribution in [0.5, 0.6) is 0 Å². The summed E-state index contributed by atoms with van der Waals surface area (Å²) in [5.41, 5.74) is 4.12. The summed E-state index contributed by atoms with van der Waals surface area (Å²) in [5.74, 6) is 0. The fraction of sp³-hybridized carbons (Fsp3) is 0.125. The SMILES string of the molecule is Cn1c(I)nc2ccc(Cl)cc21.Cn1cnc2ccc(Cl)cc21. The minimum absolute atomic E-state index is 0.751. The van der Waals surface area contributed by atoms with E-state index in [0.717, 1.165) is 35.9 Å². The molecule has 2 aromatic heterocycles. The molecule has 0 atom stereocenters. The smallest absolute Gasteiger partial charge is 0.172 e. The number of aromatic nitrogens is 4. The summed E-state index contributed by atoms with van der Waals surface area (Å²) in [5, 5.41) is 1.50. The Morgan fingerprint density at radius 3 is 2.22 bits per heavy atom. The zero-order chi connectivity index (χ0) is 16.6. The Hall–Kier alpha value is -1.31. The van der Waals surface area contributed by atoms with Gasteiger partial charge in [0.05, 0.1) is 28.4 Å². The molecule has 0 saturated heterocycles. The molecule has 118 valence electrons. The zero-order valence-corrected chi connectivity index (χ0v) is 16.1. The van der Waals surface area contributed by atoms with Crippen molar-refractivity contribution in [3.05, 3.63) is 56.6 Å². The zero-order valence-electron chi connectivity index (χ0n) is 12.5. The monoisotopic (exact) mass is 458 g/mol. The van der Waals surface area contributed by atoms with Gasteiger partial charge in [0.25, 0.3) is 0 Å². The van der Waals surface area contributed by atoms with Crippen LogP contribution in [-0.4, -0.2) is 19.1 Å². The van der Waals surface area contributed by atoms with Gasteiger partial charge < -0.3 is 9.13 Å². The summed E-state index contributed by atoms with van der Waals surface area (Å²) in [7, 11) is 3.93. The van der Waals surface area contributed by atoms with Crippen molar-refractivity contribution < 1.29 is 0 Å². The maximum atomic E-state index is 5.86. The second kappa shape index (κ2) is 6.67. The van der Waals surface area contributed by atoms with E-state index in [4.69, 9.17) is 23.2 Å². The molecule has 0 fully saturated rings. The van der Waals surface area contributed by atoms with Gasteiger partial charge in [-0.25, -0.2) is 9.97 Å². The molecule has 0 aliphatic carbocycles. The highest BCUT2D eigenvalue weighted by atomic mass is 127. The molecule has 0 amide bonds. The predicted molar refractivity (Wildman–Crippen MR) is 104 cm³/mol. The summed E-state index contributed by atoms with van der Waals surface area (Å²) in [4.78, 5) is 8.51. The van der Waals surface area contributed by atoms with Crippen LogP contribution in [0.15, 0.2) is 42.7 Å². The molecule has 0 unspecified atom stereocenters. The Labute approximate surface area is 157 Å². The number of hydrogen-bond donors (Lipinski definition) is 0. The highest BCUT2D eigenvalue weighted by Crippen LogP contribution is 2.20. The molecular formula is C16H13Cl2IN4. The number of rotatable bonds is 0. The van der Waals surface area contributed by atoms with Gasteiger partial charge >= 0.3 is 0 Å². The maximum Gasteiger partial charge on any atom is 0.172 e. The molecule has 0 radical (unpaired) electrons. The molecule has 23 heavy (non-hydrogen) atoms. The van der Waals surface area contributed by atoms with E-state index in [1.54, 1.807) is 6.33 Å². The van der Waals surface area contributed by atoms with Crippen LogP contribution in [0.4, 0.5) is 0 Å². The first-order valence-electron chi connectivity index (χ1n) is 6.80. The summed E-state index contributed by atoms with van der Waals surface area (Å²) in [6, 6.07) is 11.4. The number of halogens is 3. The van der Waals surface area contributed by atoms with Gasteiger partial charge in [-0.15, -0.1) is 0 Å². The Bertz CT molecular complexity index is 990. The third-order valence-electron chi connectivity index (χ3n) is 3.48. The van der Waals surface area contributed by atoms with Crippen molar-refractivity contribution in [2.75, 3.05) is 0 Å². The minimum atomic E-state index is 0.751. The highest BCUT2D eigenvalue weighted by Gasteiger charge is 2.04. The predicted octanol–water partition coefficient (Wildman–Crippen LogP) is 5.06. The molecule has 4 nitrogen and oxygen atoms in total. The molecule has 0 bridgehead atoms. The van der Waals surface area contributed by atoms with Crippen molar-refractivity contribution >= 4 is 67.9 Å². The first-order valence-corrected chi connectivity index (χ1v) is 8.63. The van der Waals surface area contributed by atoms with E-state index in [1.165, 1.54) is 0 Å². The van der Waals surface area contributed by atoms with Crippen molar-refractivity contribution in [1.82, 2.24) is 19.1 Å². The van der Waals surface area contributed by atoms with E-state index in [-0.39, 0.29) is 0 Å². The lowest BCUT2D eigenvalue weighted by Crippen LogP contribution is -1.89. The van der Waals surface area contributed by atoms with Crippen molar-refractivity contribution in [2.24, 2.45) is 14.1 Å². The quantitative estimate of drug-likeness (QED) is 0.345. The summed E-state index contributed by atoms with van der Waals surface area (Å²) >= 11 is 13.9. The average molecular weight is 459 g/mol. The number of hydrogen-bond acceptors (Lipinski definition) is 2. The minimum Gasteiger partial charge on any atom is -0.334 e. The van der Waals surface area contributed by atoms with E-state index in [2.05, 4.69) is 32.6 Å². The van der Waals surface area contributed by atoms with E-state index in [1.807, 2.05) is 59.6 Å². The van der Waals surface area contributed by atoms with Crippen LogP contribution < -0.4 is 0 Å². The van der Waals surface area contributed by atoms with Gasteiger partial charge in [0.2, 0.25) is 0 Å². The summed E-state index contributed by atoms with van der Waals surface area (Å²) in [6.07, 6.45) is 1.78. The van der Waals surface area contributed by atoms with Crippen LogP contribution in [0, 0.1) is 3.83 Å². The van der Waals surface area contributed by atoms with E-state index >= 15 is 0 Å². The molecule has 0 aliphatic rings. The molecule has 4 rings (SSSR count). The van der Waals surface area contributed by atoms with Crippen LogP contribution >= 0.6 is 45.8 Å². The molecular weight excluding hydrogens is 446 g/mol. The van der Waals surface area contributed by atoms with Gasteiger partial charge in [-0.05, 0) is 59.0 Å². The molecule has 2 aromatic carbocycles. The van der Waals surface area contributed by atoms with Gasteiger partial charge in [0.15, 0.2) is 3.83 Å². The number of fused-ring (bicyclic) bond motifs is 2. The fourth-order valence-electron chi connectivity index (χ4n) is 2.23. The maximum absolute atomic E-state index is 5.86. The fourth-order valence-corrected chi connectivity index (χ4v) is 3.09. The number of aryl methyl sites for hydroxylation is 2. The van der Waals surface area contributed by atoms with Crippen LogP contribution in [0.2, 0.25) is 10.0 Å². The van der Waals surface area contributed by atoms with Gasteiger partial charge in [-0.3, -0.25) is 0 Å². The lowest BCUT2D eigenvalue weighted by Gasteiger charge is -1.94. The van der Waals surface area contributed by atoms with Crippen LogP contribution in [0.25, 0.3) is 22.1 Å². The third kappa shape index (κ3) is 3.46. The number of nitrogens with zero attached hydrogens (tertiary/aromatic N) is 4. The molecule has 0 aliphatic heterocycles. The van der Waals surface area contributed by atoms with Crippen molar-refractivity contribution in [2.45, 2.75) is 0 Å². The first kappa shape index (κ1) is 16.5. The molecule has 0 saturated carbocycles. The van der Waals surface area contributed by atoms with Gasteiger partial charge in [-0.1, -0.05) is 23.2 Å². The van der Waals surface area contributed by atoms with Crippen molar-refractivity contribution in [1.29, 1.82) is 0 Å². The molecule has 0 N–H and O–H groups in total. The Morgan fingerprint density at radius 1 is 0.913 bits per heavy atom. The van der Waals surface area contributed by atoms with Crippen molar-refractivity contribution in [3.8, 4) is 0 Å². The summed E-state index contributed by atoms with van der Waals surface area (Å²) < 4.78 is 4.94. The van der Waals surface area contributed by atoms with E-state index < -0.39 is 0 Å². The Kier molecular flexibility index (Phi) is 4.79. The standard InChI is InChI=1S/C8H6ClIN2.C8H7ClN2/c1-12-7-4-5(9)2-3-6(7)11-8(12)10;1-11-5-10-7-3-2-6(9)4-8(7)11/h2-4H,1H3;2-5H,1H3. The van der Waals surface area contributed by atoms with Crippen LogP contribution in [-0.2, 0) is 14.1 Å². The molecule has 4 aromatic rings. The first-order chi connectivity index (χ1) is 11.0. The largest absolute Gasteiger partial charge is 0.334 e. The van der Waals surface area contributed by atoms with Crippen LogP contribution in [0.3, 0.4) is 0 Å². The number of benzene rings is 2. The molecule has 2 heterocycles. The Balaban J connectivity index is 0.000000136. The van der Waals surface area contributed by atoms with Gasteiger partial charge in [-0.2, -0.15) is 0 Å². The van der Waals surface area contributed by atoms with Crippen LogP contribution in [0.1, 0.15) is 0 Å². The number of imidazole rings is 2. The van der Waals surface area contributed by atoms with Gasteiger partial charge in [0, 0.05) is 24.1 Å². The summed E-state index contributed by atoms with van der Waals surface area (Å²) in [6.45, 7) is 0.